The molecule has 4 aliphatic rings. The third-order valence-electron chi connectivity index (χ3n) is 8.64. The molecule has 0 aromatic carbocycles. The standard InChI is InChI=1S/C21H28O6Se/c1-19-9-15(24)18-13(14(19)5-6-21(19,26)16(25)10-22)4-3-11-7-12(23)8-17(28-27)20(11,18)2/h7,13-15,18,22,24,26H,3-6,8-10H2,1-2H3/t13-,14-,15-,18+,19-,20+,21-/m0/s1. The quantitative estimate of drug-likeness (QED) is 0.527. The molecule has 0 aromatic heterocycles. The van der Waals surface area contributed by atoms with Crippen LogP contribution in [0.2, 0.25) is 0 Å². The second-order valence-electron chi connectivity index (χ2n) is 9.53. The Morgan fingerprint density at radius 1 is 1.32 bits per heavy atom. The van der Waals surface area contributed by atoms with Gasteiger partial charge in [-0.1, -0.05) is 0 Å². The van der Waals surface area contributed by atoms with Crippen LogP contribution in [0.25, 0.3) is 0 Å². The Labute approximate surface area is 170 Å². The topological polar surface area (TPSA) is 112 Å². The van der Waals surface area contributed by atoms with Crippen molar-refractivity contribution in [3.63, 3.8) is 0 Å². The molecule has 4 aliphatic carbocycles. The van der Waals surface area contributed by atoms with Crippen LogP contribution in [0, 0.1) is 28.6 Å². The van der Waals surface area contributed by atoms with Crippen LogP contribution in [0.5, 0.6) is 0 Å². The van der Waals surface area contributed by atoms with Crippen molar-refractivity contribution in [2.45, 2.75) is 64.1 Å². The summed E-state index contributed by atoms with van der Waals surface area (Å²) in [5.74, 6) is -0.641. The Kier molecular flexibility index (Phi) is 4.80. The Balaban J connectivity index is 1.80. The van der Waals surface area contributed by atoms with Gasteiger partial charge in [0, 0.05) is 0 Å². The summed E-state index contributed by atoms with van der Waals surface area (Å²) in [6, 6.07) is 0. The van der Waals surface area contributed by atoms with E-state index in [1.165, 1.54) is 0 Å². The Morgan fingerprint density at radius 2 is 2.04 bits per heavy atom. The molecule has 0 radical (unpaired) electrons. The zero-order valence-electron chi connectivity index (χ0n) is 16.3. The number of hydrogen-bond donors (Lipinski definition) is 3. The first-order valence-electron chi connectivity index (χ1n) is 10.1. The fourth-order valence-corrected chi connectivity index (χ4v) is 8.59. The molecule has 0 bridgehead atoms. The van der Waals surface area contributed by atoms with E-state index < -0.39 is 49.4 Å². The number of carbonyl (C=O) groups is 2. The van der Waals surface area contributed by atoms with Crippen LogP contribution in [-0.2, 0) is 13.4 Å². The number of ketones is 2. The molecule has 0 unspecified atom stereocenters. The maximum absolute atomic E-state index is 12.4. The average molecular weight is 455 g/mol. The number of Topliss-reactive ketones (excluding diaryl/α,β-unsaturated/α-hetero) is 1. The van der Waals surface area contributed by atoms with E-state index in [0.29, 0.717) is 19.3 Å². The minimum absolute atomic E-state index is 0.0161. The molecule has 0 aliphatic heterocycles. The van der Waals surface area contributed by atoms with E-state index in [-0.39, 0.29) is 36.4 Å². The average Bonchev–Trinajstić information content (AvgIpc) is 2.92. The Bertz CT molecular complexity index is 829. The zero-order valence-corrected chi connectivity index (χ0v) is 18.0. The summed E-state index contributed by atoms with van der Waals surface area (Å²) in [4.78, 5) is 24.5. The second-order valence-corrected chi connectivity index (χ2v) is 10.9. The second kappa shape index (κ2) is 6.58. The van der Waals surface area contributed by atoms with Gasteiger partial charge in [-0.25, -0.2) is 0 Å². The summed E-state index contributed by atoms with van der Waals surface area (Å²) in [5.41, 5.74) is -2.01. The van der Waals surface area contributed by atoms with E-state index in [2.05, 4.69) is 0 Å². The van der Waals surface area contributed by atoms with E-state index in [1.54, 1.807) is 6.08 Å². The molecule has 3 saturated carbocycles. The molecule has 0 aromatic rings. The van der Waals surface area contributed by atoms with Gasteiger partial charge in [-0.2, -0.15) is 0 Å². The van der Waals surface area contributed by atoms with E-state index in [1.807, 2.05) is 13.8 Å². The molecule has 3 N–H and O–H groups in total. The van der Waals surface area contributed by atoms with Gasteiger partial charge in [-0.15, -0.1) is 0 Å². The number of rotatable bonds is 2. The fraction of sp³-hybridized carbons (Fsp3) is 0.762. The summed E-state index contributed by atoms with van der Waals surface area (Å²) in [7, 11) is 0. The van der Waals surface area contributed by atoms with Gasteiger partial charge in [0.1, 0.15) is 0 Å². The van der Waals surface area contributed by atoms with Gasteiger partial charge in [0.2, 0.25) is 0 Å². The van der Waals surface area contributed by atoms with Crippen molar-refractivity contribution >= 4 is 30.4 Å². The normalized spacial score (nSPS) is 47.7. The van der Waals surface area contributed by atoms with Crippen LogP contribution in [0.1, 0.15) is 52.4 Å². The minimum atomic E-state index is -1.62. The van der Waals surface area contributed by atoms with E-state index in [4.69, 9.17) is 0 Å². The van der Waals surface area contributed by atoms with Crippen LogP contribution in [-0.4, -0.2) is 64.1 Å². The Morgan fingerprint density at radius 3 is 2.68 bits per heavy atom. The molecule has 7 atom stereocenters. The molecule has 0 spiro atoms. The number of hydrogen-bond acceptors (Lipinski definition) is 6. The van der Waals surface area contributed by atoms with Gasteiger partial charge in [-0.05, 0) is 0 Å². The van der Waals surface area contributed by atoms with Crippen LogP contribution in [0.3, 0.4) is 0 Å². The predicted octanol–water partition coefficient (Wildman–Crippen LogP) is 0.614. The van der Waals surface area contributed by atoms with Crippen LogP contribution < -0.4 is 0 Å². The van der Waals surface area contributed by atoms with Crippen molar-refractivity contribution in [2.24, 2.45) is 28.6 Å². The summed E-state index contributed by atoms with van der Waals surface area (Å²) in [6.07, 6.45) is 3.79. The first-order chi connectivity index (χ1) is 13.1. The predicted molar refractivity (Wildman–Crippen MR) is 102 cm³/mol. The first kappa shape index (κ1) is 20.4. The maximum atomic E-state index is 12.4. The summed E-state index contributed by atoms with van der Waals surface area (Å²) in [5, 5.41) is 31.9. The van der Waals surface area contributed by atoms with Gasteiger partial charge in [0.25, 0.3) is 0 Å². The molecule has 6 nitrogen and oxygen atoms in total. The van der Waals surface area contributed by atoms with Crippen LogP contribution in [0.15, 0.2) is 11.6 Å². The molecule has 0 amide bonds. The van der Waals surface area contributed by atoms with E-state index in [0.717, 1.165) is 16.4 Å². The van der Waals surface area contributed by atoms with Crippen LogP contribution >= 0.6 is 0 Å². The zero-order chi connectivity index (χ0) is 20.5. The first-order valence-corrected chi connectivity index (χ1v) is 11.6. The number of aliphatic hydroxyl groups is 3. The molecule has 4 rings (SSSR count). The Hall–Kier alpha value is -0.851. The van der Waals surface area contributed by atoms with Gasteiger partial charge in [0.15, 0.2) is 0 Å². The van der Waals surface area contributed by atoms with Crippen molar-refractivity contribution in [2.75, 3.05) is 6.61 Å². The van der Waals surface area contributed by atoms with Crippen molar-refractivity contribution in [1.29, 1.82) is 0 Å². The number of carbonyl (C=O) groups excluding carboxylic acids is 2. The van der Waals surface area contributed by atoms with Gasteiger partial charge >= 0.3 is 170 Å². The summed E-state index contributed by atoms with van der Waals surface area (Å²) < 4.78 is 12.8. The monoisotopic (exact) mass is 456 g/mol. The van der Waals surface area contributed by atoms with Gasteiger partial charge < -0.3 is 0 Å². The van der Waals surface area contributed by atoms with Gasteiger partial charge in [0.05, 0.1) is 0 Å². The molecule has 154 valence electrons. The molecular weight excluding hydrogens is 427 g/mol. The van der Waals surface area contributed by atoms with Crippen molar-refractivity contribution in [1.82, 2.24) is 0 Å². The molecule has 7 heteroatoms. The summed E-state index contributed by atoms with van der Waals surface area (Å²) >= 11 is -1.03. The number of fused-ring (bicyclic) bond motifs is 5. The van der Waals surface area contributed by atoms with E-state index >= 15 is 0 Å². The molecule has 0 saturated heterocycles. The van der Waals surface area contributed by atoms with E-state index in [9.17, 15) is 28.7 Å². The van der Waals surface area contributed by atoms with Crippen LogP contribution in [0.4, 0.5) is 0 Å². The molecular formula is C21H28O6Se. The third kappa shape index (κ3) is 2.40. The SMILES string of the molecule is C[C@@]12C(=CC(=O)CC1=[Se]=O)CC[C@@H]1[C@@H]2[C@@H](O)C[C@@]2(C)[C@H]1CC[C@]2(O)C(=O)CO. The molecule has 0 heterocycles. The molecule has 3 fully saturated rings. The van der Waals surface area contributed by atoms with Crippen molar-refractivity contribution in [3.05, 3.63) is 11.6 Å². The molecule has 28 heavy (non-hydrogen) atoms. The summed E-state index contributed by atoms with van der Waals surface area (Å²) in [6.45, 7) is 3.19. The third-order valence-corrected chi connectivity index (χ3v) is 10.3. The van der Waals surface area contributed by atoms with Gasteiger partial charge in [-0.3, -0.25) is 0 Å². The number of aliphatic hydroxyl groups excluding tert-OH is 2. The van der Waals surface area contributed by atoms with Crippen molar-refractivity contribution < 1.29 is 28.7 Å². The van der Waals surface area contributed by atoms with Crippen molar-refractivity contribution in [3.8, 4) is 0 Å². The fourth-order valence-electron chi connectivity index (χ4n) is 7.25. The number of allylic oxidation sites excluding steroid dienone is 1.